The highest BCUT2D eigenvalue weighted by molar-refractivity contribution is 5.88. The number of benzene rings is 3. The summed E-state index contributed by atoms with van der Waals surface area (Å²) < 4.78 is 18.3. The van der Waals surface area contributed by atoms with Gasteiger partial charge in [0.05, 0.1) is 19.2 Å². The van der Waals surface area contributed by atoms with Crippen molar-refractivity contribution in [1.29, 1.82) is 0 Å². The van der Waals surface area contributed by atoms with Gasteiger partial charge in [-0.05, 0) is 118 Å². The van der Waals surface area contributed by atoms with Gasteiger partial charge in [-0.1, -0.05) is 32.9 Å². The summed E-state index contributed by atoms with van der Waals surface area (Å²) in [5, 5.41) is 4.35. The maximum absolute atomic E-state index is 6.32. The molecule has 3 heterocycles. The Morgan fingerprint density at radius 3 is 2.18 bits per heavy atom. The molecule has 7 heteroatoms. The second kappa shape index (κ2) is 14.1. The van der Waals surface area contributed by atoms with E-state index < -0.39 is 0 Å². The zero-order chi connectivity index (χ0) is 31.2. The molecule has 1 N–H and O–H groups in total. The van der Waals surface area contributed by atoms with Gasteiger partial charge < -0.3 is 29.3 Å². The molecule has 0 amide bonds. The molecule has 0 radical (unpaired) electrons. The molecule has 4 aromatic rings. The number of anilines is 2. The number of fused-ring (bicyclic) bond motifs is 1. The number of hydrogen-bond acceptors (Lipinski definition) is 7. The van der Waals surface area contributed by atoms with E-state index in [1.54, 1.807) is 13.3 Å². The van der Waals surface area contributed by atoms with Gasteiger partial charge in [0.25, 0.3) is 0 Å². The maximum atomic E-state index is 6.32. The third-order valence-electron chi connectivity index (χ3n) is 9.20. The van der Waals surface area contributed by atoms with Crippen molar-refractivity contribution in [3.8, 4) is 23.0 Å². The van der Waals surface area contributed by atoms with E-state index in [1.165, 1.54) is 57.4 Å². The molecule has 0 atom stereocenters. The first-order chi connectivity index (χ1) is 21.9. The first kappa shape index (κ1) is 31.2. The molecule has 0 spiro atoms. The fourth-order valence-corrected chi connectivity index (χ4v) is 6.53. The summed E-state index contributed by atoms with van der Waals surface area (Å²) in [5.41, 5.74) is 4.32. The van der Waals surface area contributed by atoms with E-state index in [0.29, 0.717) is 18.1 Å². The van der Waals surface area contributed by atoms with Crippen molar-refractivity contribution in [2.24, 2.45) is 0 Å². The second-order valence-electron chi connectivity index (χ2n) is 13.4. The second-order valence-corrected chi connectivity index (χ2v) is 13.4. The molecule has 6 rings (SSSR count). The van der Waals surface area contributed by atoms with Gasteiger partial charge in [-0.3, -0.25) is 4.98 Å². The highest BCUT2D eigenvalue weighted by Crippen LogP contribution is 2.37. The lowest BCUT2D eigenvalue weighted by Gasteiger charge is -2.36. The quantitative estimate of drug-likeness (QED) is 0.172. The van der Waals surface area contributed by atoms with E-state index in [1.807, 2.05) is 42.5 Å². The summed E-state index contributed by atoms with van der Waals surface area (Å²) in [6, 6.07) is 23.2. The van der Waals surface area contributed by atoms with Gasteiger partial charge >= 0.3 is 0 Å². The molecular formula is C38H48N4O3. The Bertz CT molecular complexity index is 1530. The molecule has 2 aliphatic heterocycles. The number of methoxy groups -OCH3 is 1. The van der Waals surface area contributed by atoms with Crippen molar-refractivity contribution in [3.63, 3.8) is 0 Å². The SMILES string of the molecule is COc1cc2c(Oc3ccc(Nc4ccc(C(C)(C)C)cc4)cc3)ccnc2cc1OCCCN1CCC(N2CCCC2)CC1. The number of nitrogens with zero attached hydrogens (tertiary/aromatic N) is 3. The lowest BCUT2D eigenvalue weighted by molar-refractivity contribution is 0.122. The topological polar surface area (TPSA) is 59.1 Å². The van der Waals surface area contributed by atoms with Crippen molar-refractivity contribution < 1.29 is 14.2 Å². The van der Waals surface area contributed by atoms with Crippen LogP contribution in [0.5, 0.6) is 23.0 Å². The molecule has 0 bridgehead atoms. The van der Waals surface area contributed by atoms with E-state index in [0.717, 1.165) is 52.8 Å². The molecule has 1 aromatic heterocycles. The largest absolute Gasteiger partial charge is 0.493 e. The van der Waals surface area contributed by atoms with Crippen LogP contribution in [0.4, 0.5) is 11.4 Å². The van der Waals surface area contributed by atoms with E-state index >= 15 is 0 Å². The first-order valence-electron chi connectivity index (χ1n) is 16.6. The molecule has 2 fully saturated rings. The normalized spacial score (nSPS) is 16.6. The van der Waals surface area contributed by atoms with Gasteiger partial charge in [-0.15, -0.1) is 0 Å². The molecule has 0 saturated carbocycles. The van der Waals surface area contributed by atoms with Crippen molar-refractivity contribution in [3.05, 3.63) is 78.5 Å². The molecule has 0 unspecified atom stereocenters. The average Bonchev–Trinajstić information content (AvgIpc) is 3.59. The van der Waals surface area contributed by atoms with Crippen LogP contribution in [0.3, 0.4) is 0 Å². The van der Waals surface area contributed by atoms with E-state index in [9.17, 15) is 0 Å². The molecule has 0 aliphatic carbocycles. The molecule has 2 saturated heterocycles. The van der Waals surface area contributed by atoms with Crippen molar-refractivity contribution in [2.75, 3.05) is 51.8 Å². The predicted molar refractivity (Wildman–Crippen MR) is 184 cm³/mol. The summed E-state index contributed by atoms with van der Waals surface area (Å²) >= 11 is 0. The van der Waals surface area contributed by atoms with Crippen LogP contribution in [0.25, 0.3) is 10.9 Å². The zero-order valence-electron chi connectivity index (χ0n) is 27.4. The van der Waals surface area contributed by atoms with Crippen LogP contribution < -0.4 is 19.5 Å². The summed E-state index contributed by atoms with van der Waals surface area (Å²) in [4.78, 5) is 9.90. The van der Waals surface area contributed by atoms with Crippen molar-refractivity contribution in [1.82, 2.24) is 14.8 Å². The van der Waals surface area contributed by atoms with Crippen LogP contribution in [-0.4, -0.2) is 67.3 Å². The van der Waals surface area contributed by atoms with Gasteiger partial charge in [0.2, 0.25) is 0 Å². The van der Waals surface area contributed by atoms with Crippen LogP contribution in [0.15, 0.2) is 72.9 Å². The van der Waals surface area contributed by atoms with Crippen molar-refractivity contribution in [2.45, 2.75) is 64.3 Å². The Morgan fingerprint density at radius 2 is 1.51 bits per heavy atom. The summed E-state index contributed by atoms with van der Waals surface area (Å²) in [6.07, 6.45) is 8.10. The predicted octanol–water partition coefficient (Wildman–Crippen LogP) is 8.41. The standard InChI is InChI=1S/C38H48N4O3/c1-38(2,3)28-8-10-29(11-9-28)40-30-12-14-32(15-13-30)45-35-16-19-39-34-27-37(36(43-4)26-33(34)35)44-25-7-20-41-23-17-31(18-24-41)42-21-5-6-22-42/h8-16,19,26-27,31,40H,5-7,17-18,20-25H2,1-4H3. The molecule has 238 valence electrons. The molecule has 3 aromatic carbocycles. The fourth-order valence-electron chi connectivity index (χ4n) is 6.53. The molecule has 2 aliphatic rings. The highest BCUT2D eigenvalue weighted by Gasteiger charge is 2.26. The van der Waals surface area contributed by atoms with E-state index in [4.69, 9.17) is 14.2 Å². The fraction of sp³-hybridized carbons (Fsp3) is 0.447. The average molecular weight is 609 g/mol. The summed E-state index contributed by atoms with van der Waals surface area (Å²) in [6.45, 7) is 13.4. The Hall–Kier alpha value is -3.81. The lowest BCUT2D eigenvalue weighted by atomic mass is 9.87. The number of rotatable bonds is 11. The molecular weight excluding hydrogens is 560 g/mol. The van der Waals surface area contributed by atoms with Gasteiger partial charge in [0, 0.05) is 41.6 Å². The zero-order valence-corrected chi connectivity index (χ0v) is 27.4. The van der Waals surface area contributed by atoms with Crippen LogP contribution in [0.1, 0.15) is 58.4 Å². The minimum atomic E-state index is 0.136. The van der Waals surface area contributed by atoms with E-state index in [-0.39, 0.29) is 5.41 Å². The maximum Gasteiger partial charge on any atom is 0.163 e. The number of likely N-dealkylation sites (tertiary alicyclic amines) is 2. The van der Waals surface area contributed by atoms with E-state index in [2.05, 4.69) is 65.1 Å². The Kier molecular flexibility index (Phi) is 9.76. The van der Waals surface area contributed by atoms with Crippen LogP contribution in [-0.2, 0) is 5.41 Å². The van der Waals surface area contributed by atoms with Crippen molar-refractivity contribution >= 4 is 22.3 Å². The monoisotopic (exact) mass is 608 g/mol. The van der Waals surface area contributed by atoms with Gasteiger partial charge in [-0.2, -0.15) is 0 Å². The number of ether oxygens (including phenoxy) is 3. The third-order valence-corrected chi connectivity index (χ3v) is 9.20. The number of aromatic nitrogens is 1. The molecule has 45 heavy (non-hydrogen) atoms. The Balaban J connectivity index is 1.03. The summed E-state index contributed by atoms with van der Waals surface area (Å²) in [5.74, 6) is 2.87. The number of nitrogens with one attached hydrogen (secondary N) is 1. The number of pyridine rings is 1. The van der Waals surface area contributed by atoms with Crippen LogP contribution in [0.2, 0.25) is 0 Å². The molecule has 7 nitrogen and oxygen atoms in total. The minimum absolute atomic E-state index is 0.136. The van der Waals surface area contributed by atoms with Crippen LogP contribution in [0, 0.1) is 0 Å². The van der Waals surface area contributed by atoms with Gasteiger partial charge in [0.1, 0.15) is 11.5 Å². The minimum Gasteiger partial charge on any atom is -0.493 e. The number of piperidine rings is 1. The van der Waals surface area contributed by atoms with Gasteiger partial charge in [-0.25, -0.2) is 0 Å². The first-order valence-corrected chi connectivity index (χ1v) is 16.6. The Morgan fingerprint density at radius 1 is 0.822 bits per heavy atom. The highest BCUT2D eigenvalue weighted by atomic mass is 16.5. The van der Waals surface area contributed by atoms with Crippen LogP contribution >= 0.6 is 0 Å². The van der Waals surface area contributed by atoms with Gasteiger partial charge in [0.15, 0.2) is 11.5 Å². The smallest absolute Gasteiger partial charge is 0.163 e. The Labute approximate surface area is 268 Å². The number of hydrogen-bond donors (Lipinski definition) is 1. The third kappa shape index (κ3) is 7.89. The summed E-state index contributed by atoms with van der Waals surface area (Å²) in [7, 11) is 1.68. The lowest BCUT2D eigenvalue weighted by Crippen LogP contribution is -2.44.